The van der Waals surface area contributed by atoms with E-state index in [1.54, 1.807) is 18.3 Å². The number of fused-ring (bicyclic) bond motifs is 3. The third-order valence-electron chi connectivity index (χ3n) is 4.17. The van der Waals surface area contributed by atoms with Gasteiger partial charge < -0.3 is 9.72 Å². The summed E-state index contributed by atoms with van der Waals surface area (Å²) in [5, 5.41) is 0.848. The van der Waals surface area contributed by atoms with E-state index < -0.39 is 5.25 Å². The molecule has 0 amide bonds. The standard InChI is InChI=1S/C17H22N2O3S2/c1-3-4-9-22-16(21)10(2)23-17-18-14(20)13-11-7-5-6-8-12(11)24-15(13)19-17/h10H,3-9H2,1-2H3,(H,18,19,20)/t10-/m0/s1. The molecule has 0 aromatic carbocycles. The molecule has 1 N–H and O–H groups in total. The number of aromatic amines is 1. The van der Waals surface area contributed by atoms with Gasteiger partial charge in [0.15, 0.2) is 5.16 Å². The van der Waals surface area contributed by atoms with E-state index in [2.05, 4.69) is 16.9 Å². The zero-order valence-corrected chi connectivity index (χ0v) is 15.6. The number of H-pyrrole nitrogens is 1. The molecule has 2 aromatic heterocycles. The van der Waals surface area contributed by atoms with Crippen molar-refractivity contribution < 1.29 is 9.53 Å². The second-order valence-electron chi connectivity index (χ2n) is 6.04. The van der Waals surface area contributed by atoms with Crippen LogP contribution in [0, 0.1) is 0 Å². The molecule has 2 aromatic rings. The molecule has 0 saturated carbocycles. The van der Waals surface area contributed by atoms with Crippen molar-refractivity contribution in [3.8, 4) is 0 Å². The second kappa shape index (κ2) is 7.70. The van der Waals surface area contributed by atoms with Gasteiger partial charge in [-0.15, -0.1) is 11.3 Å². The lowest BCUT2D eigenvalue weighted by Gasteiger charge is -2.11. The quantitative estimate of drug-likeness (QED) is 0.365. The Morgan fingerprint density at radius 2 is 2.21 bits per heavy atom. The van der Waals surface area contributed by atoms with Crippen LogP contribution in [0.2, 0.25) is 0 Å². The molecule has 3 rings (SSSR count). The Morgan fingerprint density at radius 3 is 3.00 bits per heavy atom. The first kappa shape index (κ1) is 17.5. The van der Waals surface area contributed by atoms with Gasteiger partial charge in [0.05, 0.1) is 12.0 Å². The maximum atomic E-state index is 12.5. The second-order valence-corrected chi connectivity index (χ2v) is 8.46. The molecule has 1 atom stereocenters. The molecule has 1 aliphatic carbocycles. The van der Waals surface area contributed by atoms with Crippen LogP contribution in [0.25, 0.3) is 10.2 Å². The van der Waals surface area contributed by atoms with Crippen molar-refractivity contribution in [3.05, 3.63) is 20.8 Å². The first-order valence-corrected chi connectivity index (χ1v) is 10.2. The van der Waals surface area contributed by atoms with Crippen molar-refractivity contribution in [3.63, 3.8) is 0 Å². The fourth-order valence-electron chi connectivity index (χ4n) is 2.85. The Balaban J connectivity index is 1.78. The molecule has 2 heterocycles. The van der Waals surface area contributed by atoms with Crippen molar-refractivity contribution in [2.45, 2.75) is 62.8 Å². The number of aryl methyl sites for hydroxylation is 2. The molecule has 0 saturated heterocycles. The number of carbonyl (C=O) groups is 1. The largest absolute Gasteiger partial charge is 0.465 e. The van der Waals surface area contributed by atoms with Gasteiger partial charge in [0.1, 0.15) is 10.1 Å². The molecule has 5 nitrogen and oxygen atoms in total. The van der Waals surface area contributed by atoms with E-state index >= 15 is 0 Å². The number of unbranched alkanes of at least 4 members (excludes halogenated alkanes) is 1. The molecule has 0 bridgehead atoms. The Kier molecular flexibility index (Phi) is 5.61. The minimum atomic E-state index is -0.392. The van der Waals surface area contributed by atoms with Crippen LogP contribution in [-0.4, -0.2) is 27.8 Å². The lowest BCUT2D eigenvalue weighted by atomic mass is 9.97. The van der Waals surface area contributed by atoms with E-state index in [0.29, 0.717) is 11.8 Å². The summed E-state index contributed by atoms with van der Waals surface area (Å²) in [6.07, 6.45) is 6.18. The number of nitrogens with zero attached hydrogens (tertiary/aromatic N) is 1. The first-order valence-electron chi connectivity index (χ1n) is 8.48. The monoisotopic (exact) mass is 366 g/mol. The van der Waals surface area contributed by atoms with Crippen LogP contribution < -0.4 is 5.56 Å². The van der Waals surface area contributed by atoms with E-state index in [4.69, 9.17) is 4.74 Å². The zero-order valence-electron chi connectivity index (χ0n) is 14.0. The molecular formula is C17H22N2O3S2. The van der Waals surface area contributed by atoms with Crippen molar-refractivity contribution in [2.24, 2.45) is 0 Å². The highest BCUT2D eigenvalue weighted by Gasteiger charge is 2.22. The van der Waals surface area contributed by atoms with Gasteiger partial charge in [-0.1, -0.05) is 25.1 Å². The van der Waals surface area contributed by atoms with Crippen molar-refractivity contribution in [1.29, 1.82) is 0 Å². The molecule has 0 fully saturated rings. The lowest BCUT2D eigenvalue weighted by molar-refractivity contribution is -0.142. The smallest absolute Gasteiger partial charge is 0.319 e. The number of esters is 1. The molecule has 0 radical (unpaired) electrons. The normalized spacial score (nSPS) is 15.2. The fraction of sp³-hybridized carbons (Fsp3) is 0.588. The number of ether oxygens (including phenoxy) is 1. The molecule has 0 unspecified atom stereocenters. The Labute approximate surface area is 149 Å². The topological polar surface area (TPSA) is 72.0 Å². The van der Waals surface area contributed by atoms with E-state index in [1.165, 1.54) is 28.6 Å². The number of hydrogen-bond acceptors (Lipinski definition) is 6. The van der Waals surface area contributed by atoms with Gasteiger partial charge in [-0.3, -0.25) is 9.59 Å². The summed E-state index contributed by atoms with van der Waals surface area (Å²) >= 11 is 2.87. The number of thioether (sulfide) groups is 1. The number of carbonyl (C=O) groups excluding carboxylic acids is 1. The maximum absolute atomic E-state index is 12.5. The van der Waals surface area contributed by atoms with Crippen LogP contribution in [0.4, 0.5) is 0 Å². The van der Waals surface area contributed by atoms with Crippen LogP contribution in [0.3, 0.4) is 0 Å². The molecule has 1 aliphatic rings. The average Bonchev–Trinajstić information content (AvgIpc) is 2.93. The van der Waals surface area contributed by atoms with Crippen LogP contribution in [-0.2, 0) is 22.4 Å². The SMILES string of the molecule is CCCCOC(=O)[C@H](C)Sc1nc2sc3c(c2c(=O)[nH]1)CCCC3. The van der Waals surface area contributed by atoms with Gasteiger partial charge in [0, 0.05) is 4.88 Å². The van der Waals surface area contributed by atoms with E-state index in [9.17, 15) is 9.59 Å². The van der Waals surface area contributed by atoms with Gasteiger partial charge in [0.25, 0.3) is 5.56 Å². The van der Waals surface area contributed by atoms with Crippen molar-refractivity contribution >= 4 is 39.3 Å². The van der Waals surface area contributed by atoms with Crippen LogP contribution in [0.5, 0.6) is 0 Å². The first-order chi connectivity index (χ1) is 11.6. The third-order valence-corrected chi connectivity index (χ3v) is 6.31. The number of aromatic nitrogens is 2. The molecule has 7 heteroatoms. The van der Waals surface area contributed by atoms with Gasteiger partial charge in [-0.05, 0) is 44.6 Å². The maximum Gasteiger partial charge on any atom is 0.319 e. The Hall–Kier alpha value is -1.34. The van der Waals surface area contributed by atoms with Gasteiger partial charge in [-0.2, -0.15) is 0 Å². The average molecular weight is 367 g/mol. The summed E-state index contributed by atoms with van der Waals surface area (Å²) in [4.78, 5) is 33.9. The third kappa shape index (κ3) is 3.67. The number of nitrogens with one attached hydrogen (secondary N) is 1. The van der Waals surface area contributed by atoms with Crippen LogP contribution in [0.15, 0.2) is 9.95 Å². The van der Waals surface area contributed by atoms with Gasteiger partial charge in [0.2, 0.25) is 0 Å². The Bertz CT molecular complexity index is 797. The highest BCUT2D eigenvalue weighted by atomic mass is 32.2. The summed E-state index contributed by atoms with van der Waals surface area (Å²) in [7, 11) is 0. The van der Waals surface area contributed by atoms with E-state index in [-0.39, 0.29) is 11.5 Å². The van der Waals surface area contributed by atoms with E-state index in [0.717, 1.165) is 42.3 Å². The van der Waals surface area contributed by atoms with Crippen molar-refractivity contribution in [1.82, 2.24) is 9.97 Å². The molecular weight excluding hydrogens is 344 g/mol. The van der Waals surface area contributed by atoms with Crippen LogP contribution in [0.1, 0.15) is 50.0 Å². The molecule has 130 valence electrons. The van der Waals surface area contributed by atoms with Crippen LogP contribution >= 0.6 is 23.1 Å². The summed E-state index contributed by atoms with van der Waals surface area (Å²) < 4.78 is 5.22. The predicted octanol–water partition coefficient (Wildman–Crippen LogP) is 3.69. The minimum Gasteiger partial charge on any atom is -0.465 e. The number of thiophene rings is 1. The summed E-state index contributed by atoms with van der Waals surface area (Å²) in [5.74, 6) is -0.262. The van der Waals surface area contributed by atoms with Gasteiger partial charge >= 0.3 is 5.97 Å². The summed E-state index contributed by atoms with van der Waals surface area (Å²) in [6.45, 7) is 4.28. The Morgan fingerprint density at radius 1 is 1.42 bits per heavy atom. The molecule has 24 heavy (non-hydrogen) atoms. The molecule has 0 spiro atoms. The van der Waals surface area contributed by atoms with Crippen molar-refractivity contribution in [2.75, 3.05) is 6.61 Å². The summed E-state index contributed by atoms with van der Waals surface area (Å²) in [6, 6.07) is 0. The van der Waals surface area contributed by atoms with Gasteiger partial charge in [-0.25, -0.2) is 4.98 Å². The zero-order chi connectivity index (χ0) is 17.1. The predicted molar refractivity (Wildman–Crippen MR) is 98.1 cm³/mol. The number of hydrogen-bond donors (Lipinski definition) is 1. The highest BCUT2D eigenvalue weighted by Crippen LogP contribution is 2.34. The fourth-order valence-corrected chi connectivity index (χ4v) is 4.96. The minimum absolute atomic E-state index is 0.0894. The molecule has 0 aliphatic heterocycles. The highest BCUT2D eigenvalue weighted by molar-refractivity contribution is 8.00. The number of rotatable bonds is 6. The van der Waals surface area contributed by atoms with E-state index in [1.807, 2.05) is 0 Å². The lowest BCUT2D eigenvalue weighted by Crippen LogP contribution is -2.19. The summed E-state index contributed by atoms with van der Waals surface area (Å²) in [5.41, 5.74) is 1.09.